The Morgan fingerprint density at radius 1 is 1.20 bits per heavy atom. The molecular formula is C18H18N4O3. The summed E-state index contributed by atoms with van der Waals surface area (Å²) >= 11 is 0. The van der Waals surface area contributed by atoms with Gasteiger partial charge in [0.1, 0.15) is 11.3 Å². The fourth-order valence-electron chi connectivity index (χ4n) is 2.45. The molecule has 0 aliphatic rings. The number of rotatable bonds is 6. The van der Waals surface area contributed by atoms with Crippen molar-refractivity contribution in [1.29, 1.82) is 0 Å². The molecule has 0 radical (unpaired) electrons. The third-order valence-corrected chi connectivity index (χ3v) is 3.80. The summed E-state index contributed by atoms with van der Waals surface area (Å²) in [5, 5.41) is 11.2. The molecule has 0 aliphatic heterocycles. The average Bonchev–Trinajstić information content (AvgIpc) is 2.66. The van der Waals surface area contributed by atoms with Gasteiger partial charge in [0.15, 0.2) is 0 Å². The quantitative estimate of drug-likeness (QED) is 0.736. The highest BCUT2D eigenvalue weighted by Crippen LogP contribution is 2.12. The topological polar surface area (TPSA) is 86.1 Å². The summed E-state index contributed by atoms with van der Waals surface area (Å²) in [6, 6.07) is 14.5. The zero-order valence-corrected chi connectivity index (χ0v) is 13.8. The lowest BCUT2D eigenvalue weighted by Gasteiger charge is -2.08. The Kier molecular flexibility index (Phi) is 5.03. The van der Waals surface area contributed by atoms with Gasteiger partial charge in [-0.1, -0.05) is 29.5 Å². The summed E-state index contributed by atoms with van der Waals surface area (Å²) in [5.41, 5.74) is 1.24. The summed E-state index contributed by atoms with van der Waals surface area (Å²) < 4.78 is 6.37. The molecular weight excluding hydrogens is 320 g/mol. The number of aromatic nitrogens is 3. The molecule has 1 aromatic heterocycles. The maximum absolute atomic E-state index is 12.3. The zero-order valence-electron chi connectivity index (χ0n) is 13.8. The lowest BCUT2D eigenvalue weighted by Crippen LogP contribution is -2.29. The molecule has 7 nitrogen and oxygen atoms in total. The van der Waals surface area contributed by atoms with Crippen molar-refractivity contribution in [2.24, 2.45) is 0 Å². The third kappa shape index (κ3) is 4.00. The van der Waals surface area contributed by atoms with Crippen LogP contribution in [0.25, 0.3) is 10.9 Å². The van der Waals surface area contributed by atoms with E-state index in [0.29, 0.717) is 17.4 Å². The number of ether oxygens (including phenoxy) is 1. The highest BCUT2D eigenvalue weighted by atomic mass is 16.5. The molecule has 0 unspecified atom stereocenters. The van der Waals surface area contributed by atoms with Crippen molar-refractivity contribution in [2.75, 3.05) is 7.11 Å². The van der Waals surface area contributed by atoms with Gasteiger partial charge in [-0.2, -0.15) is 0 Å². The van der Waals surface area contributed by atoms with Crippen molar-refractivity contribution in [2.45, 2.75) is 19.5 Å². The maximum atomic E-state index is 12.3. The number of fused-ring (bicyclic) bond motifs is 1. The predicted octanol–water partition coefficient (Wildman–Crippen LogP) is 1.51. The van der Waals surface area contributed by atoms with Gasteiger partial charge in [-0.3, -0.25) is 9.59 Å². The normalized spacial score (nSPS) is 10.6. The first-order valence-corrected chi connectivity index (χ1v) is 7.89. The Labute approximate surface area is 144 Å². The van der Waals surface area contributed by atoms with E-state index in [2.05, 4.69) is 15.6 Å². The molecule has 1 heterocycles. The van der Waals surface area contributed by atoms with E-state index in [0.717, 1.165) is 11.3 Å². The van der Waals surface area contributed by atoms with Gasteiger partial charge in [0, 0.05) is 13.0 Å². The Balaban J connectivity index is 1.59. The molecule has 1 N–H and O–H groups in total. The van der Waals surface area contributed by atoms with Gasteiger partial charge in [0.25, 0.3) is 5.56 Å². The molecule has 3 aromatic rings. The van der Waals surface area contributed by atoms with Crippen LogP contribution in [0.2, 0.25) is 0 Å². The van der Waals surface area contributed by atoms with E-state index < -0.39 is 0 Å². The smallest absolute Gasteiger partial charge is 0.277 e. The minimum absolute atomic E-state index is 0.150. The van der Waals surface area contributed by atoms with E-state index in [1.165, 1.54) is 4.68 Å². The van der Waals surface area contributed by atoms with Gasteiger partial charge >= 0.3 is 0 Å². The van der Waals surface area contributed by atoms with Crippen molar-refractivity contribution >= 4 is 16.8 Å². The van der Waals surface area contributed by atoms with Gasteiger partial charge in [-0.25, -0.2) is 4.68 Å². The second-order valence-electron chi connectivity index (χ2n) is 5.51. The number of benzene rings is 2. The van der Waals surface area contributed by atoms with Crippen LogP contribution in [0.15, 0.2) is 53.3 Å². The summed E-state index contributed by atoms with van der Waals surface area (Å²) in [5.74, 6) is 0.578. The van der Waals surface area contributed by atoms with E-state index in [1.54, 1.807) is 31.4 Å². The number of hydrogen-bond acceptors (Lipinski definition) is 5. The summed E-state index contributed by atoms with van der Waals surface area (Å²) in [6.07, 6.45) is 0.150. The van der Waals surface area contributed by atoms with Gasteiger partial charge in [-0.15, -0.1) is 5.10 Å². The number of nitrogens with one attached hydrogen (secondary N) is 1. The van der Waals surface area contributed by atoms with E-state index in [-0.39, 0.29) is 24.4 Å². The molecule has 3 rings (SSSR count). The second kappa shape index (κ2) is 7.57. The largest absolute Gasteiger partial charge is 0.497 e. The molecule has 1 amide bonds. The van der Waals surface area contributed by atoms with E-state index in [4.69, 9.17) is 4.74 Å². The first-order chi connectivity index (χ1) is 12.2. The molecule has 2 aromatic carbocycles. The van der Waals surface area contributed by atoms with Crippen molar-refractivity contribution in [3.8, 4) is 5.75 Å². The minimum atomic E-state index is -0.244. The van der Waals surface area contributed by atoms with E-state index in [9.17, 15) is 9.59 Å². The number of hydrogen-bond donors (Lipinski definition) is 1. The van der Waals surface area contributed by atoms with Crippen molar-refractivity contribution < 1.29 is 9.53 Å². The van der Waals surface area contributed by atoms with Gasteiger partial charge < -0.3 is 10.1 Å². The van der Waals surface area contributed by atoms with Crippen LogP contribution >= 0.6 is 0 Å². The van der Waals surface area contributed by atoms with Crippen molar-refractivity contribution in [1.82, 2.24) is 20.3 Å². The van der Waals surface area contributed by atoms with Crippen LogP contribution in [0.1, 0.15) is 12.0 Å². The highest BCUT2D eigenvalue weighted by Gasteiger charge is 2.07. The number of aryl methyl sites for hydroxylation is 1. The molecule has 0 aliphatic carbocycles. The first kappa shape index (κ1) is 16.6. The lowest BCUT2D eigenvalue weighted by molar-refractivity contribution is -0.121. The van der Waals surface area contributed by atoms with Gasteiger partial charge in [0.2, 0.25) is 5.91 Å². The lowest BCUT2D eigenvalue weighted by atomic mass is 10.2. The number of carbonyl (C=O) groups excluding carboxylic acids is 1. The fraction of sp³-hybridized carbons (Fsp3) is 0.222. The molecule has 0 spiro atoms. The Morgan fingerprint density at radius 3 is 2.88 bits per heavy atom. The third-order valence-electron chi connectivity index (χ3n) is 3.80. The SMILES string of the molecule is COc1cccc(CNC(=O)CCn2nnc3ccccc3c2=O)c1. The predicted molar refractivity (Wildman–Crippen MR) is 93.3 cm³/mol. The van der Waals surface area contributed by atoms with Crippen molar-refractivity contribution in [3.63, 3.8) is 0 Å². The first-order valence-electron chi connectivity index (χ1n) is 7.89. The number of methoxy groups -OCH3 is 1. The maximum Gasteiger partial charge on any atom is 0.277 e. The van der Waals surface area contributed by atoms with Crippen LogP contribution in [0.5, 0.6) is 5.75 Å². The van der Waals surface area contributed by atoms with Crippen LogP contribution in [0, 0.1) is 0 Å². The molecule has 128 valence electrons. The van der Waals surface area contributed by atoms with Crippen LogP contribution in [0.4, 0.5) is 0 Å². The summed E-state index contributed by atoms with van der Waals surface area (Å²) in [7, 11) is 1.60. The molecule has 0 saturated heterocycles. The number of nitrogens with zero attached hydrogens (tertiary/aromatic N) is 3. The minimum Gasteiger partial charge on any atom is -0.497 e. The summed E-state index contributed by atoms with van der Waals surface area (Å²) in [4.78, 5) is 24.3. The molecule has 0 atom stereocenters. The molecule has 25 heavy (non-hydrogen) atoms. The molecule has 0 bridgehead atoms. The monoisotopic (exact) mass is 338 g/mol. The molecule has 0 fully saturated rings. The van der Waals surface area contributed by atoms with Crippen molar-refractivity contribution in [3.05, 3.63) is 64.4 Å². The second-order valence-corrected chi connectivity index (χ2v) is 5.51. The fourth-order valence-corrected chi connectivity index (χ4v) is 2.45. The van der Waals surface area contributed by atoms with Crippen LogP contribution in [-0.4, -0.2) is 28.0 Å². The Hall–Kier alpha value is -3.22. The van der Waals surface area contributed by atoms with Gasteiger partial charge in [0.05, 0.1) is 19.0 Å². The van der Waals surface area contributed by atoms with Crippen LogP contribution in [0.3, 0.4) is 0 Å². The zero-order chi connectivity index (χ0) is 17.6. The van der Waals surface area contributed by atoms with E-state index >= 15 is 0 Å². The highest BCUT2D eigenvalue weighted by molar-refractivity contribution is 5.77. The Morgan fingerprint density at radius 2 is 2.04 bits per heavy atom. The Bertz CT molecular complexity index is 952. The van der Waals surface area contributed by atoms with Crippen LogP contribution in [-0.2, 0) is 17.9 Å². The van der Waals surface area contributed by atoms with E-state index in [1.807, 2.05) is 24.3 Å². The standard InChI is InChI=1S/C18H18N4O3/c1-25-14-6-4-5-13(11-14)12-19-17(23)9-10-22-18(24)15-7-2-3-8-16(15)20-21-22/h2-8,11H,9-10,12H2,1H3,(H,19,23). The van der Waals surface area contributed by atoms with Gasteiger partial charge in [-0.05, 0) is 29.8 Å². The number of amides is 1. The number of carbonyl (C=O) groups is 1. The molecule has 7 heteroatoms. The van der Waals surface area contributed by atoms with Crippen LogP contribution < -0.4 is 15.6 Å². The molecule has 0 saturated carbocycles. The summed E-state index contributed by atoms with van der Waals surface area (Å²) in [6.45, 7) is 0.578. The average molecular weight is 338 g/mol.